The van der Waals surface area contributed by atoms with E-state index in [1.807, 2.05) is 32.0 Å². The number of amides is 1. The third-order valence-electron chi connectivity index (χ3n) is 5.87. The van der Waals surface area contributed by atoms with Crippen molar-refractivity contribution in [2.75, 3.05) is 13.1 Å². The van der Waals surface area contributed by atoms with Crippen molar-refractivity contribution in [2.45, 2.75) is 51.9 Å². The predicted molar refractivity (Wildman–Crippen MR) is 113 cm³/mol. The van der Waals surface area contributed by atoms with Crippen molar-refractivity contribution in [1.29, 1.82) is 0 Å². The molecule has 3 heterocycles. The van der Waals surface area contributed by atoms with Crippen molar-refractivity contribution in [1.82, 2.24) is 30.4 Å². The van der Waals surface area contributed by atoms with Crippen LogP contribution in [0, 0.1) is 13.8 Å². The van der Waals surface area contributed by atoms with Crippen LogP contribution in [-0.4, -0.2) is 54.8 Å². The highest BCUT2D eigenvalue weighted by Gasteiger charge is 2.33. The number of aryl methyl sites for hydroxylation is 2. The molecule has 164 valence electrons. The molecule has 1 aliphatic rings. The Hall–Kier alpha value is -3.04. The molecule has 0 saturated carbocycles. The zero-order valence-corrected chi connectivity index (χ0v) is 17.9. The molecule has 2 N–H and O–H groups in total. The monoisotopic (exact) mass is 424 g/mol. The van der Waals surface area contributed by atoms with Gasteiger partial charge in [0.2, 0.25) is 0 Å². The second-order valence-electron chi connectivity index (χ2n) is 8.27. The Morgan fingerprint density at radius 2 is 1.97 bits per heavy atom. The van der Waals surface area contributed by atoms with Crippen LogP contribution in [0.3, 0.4) is 0 Å². The summed E-state index contributed by atoms with van der Waals surface area (Å²) >= 11 is 0. The lowest BCUT2D eigenvalue weighted by Crippen LogP contribution is -2.46. The molecule has 0 atom stereocenters. The van der Waals surface area contributed by atoms with Crippen molar-refractivity contribution in [3.05, 3.63) is 64.8 Å². The van der Waals surface area contributed by atoms with E-state index in [1.54, 1.807) is 10.9 Å². The number of nitrogens with zero attached hydrogens (tertiary/aromatic N) is 5. The summed E-state index contributed by atoms with van der Waals surface area (Å²) in [4.78, 5) is 14.8. The van der Waals surface area contributed by atoms with Gasteiger partial charge in [-0.15, -0.1) is 5.10 Å². The molecule has 1 aromatic carbocycles. The van der Waals surface area contributed by atoms with Crippen molar-refractivity contribution >= 4 is 5.91 Å². The minimum Gasteiger partial charge on any atom is -0.388 e. The van der Waals surface area contributed by atoms with Gasteiger partial charge in [0.05, 0.1) is 24.0 Å². The highest BCUT2D eigenvalue weighted by Crippen LogP contribution is 2.25. The Kier molecular flexibility index (Phi) is 6.15. The highest BCUT2D eigenvalue weighted by atomic mass is 16.5. The second kappa shape index (κ2) is 8.99. The molecule has 0 unspecified atom stereocenters. The summed E-state index contributed by atoms with van der Waals surface area (Å²) in [6.07, 6.45) is 2.87. The van der Waals surface area contributed by atoms with E-state index in [9.17, 15) is 9.90 Å². The van der Waals surface area contributed by atoms with Gasteiger partial charge in [0.25, 0.3) is 5.91 Å². The maximum atomic E-state index is 12.4. The number of benzene rings is 1. The van der Waals surface area contributed by atoms with Gasteiger partial charge in [-0.25, -0.2) is 4.68 Å². The van der Waals surface area contributed by atoms with Gasteiger partial charge in [-0.05, 0) is 32.3 Å². The lowest BCUT2D eigenvalue weighted by molar-refractivity contribution is -0.0383. The van der Waals surface area contributed by atoms with E-state index >= 15 is 0 Å². The number of aromatic nitrogens is 4. The number of nitrogens with one attached hydrogen (secondary N) is 1. The molecular formula is C22H28N6O3. The second-order valence-corrected chi connectivity index (χ2v) is 8.27. The maximum Gasteiger partial charge on any atom is 0.273 e. The maximum absolute atomic E-state index is 12.4. The standard InChI is InChI=1S/C22H28N6O3/c1-16-19(17(2)31-25-16)12-23-21(29)20-14-28(26-24-20)15-22(30)8-10-27(11-9-22)13-18-6-4-3-5-7-18/h3-7,14,30H,8-13,15H2,1-2H3,(H,23,29). The van der Waals surface area contributed by atoms with E-state index in [2.05, 4.69) is 37.8 Å². The van der Waals surface area contributed by atoms with E-state index in [4.69, 9.17) is 4.52 Å². The van der Waals surface area contributed by atoms with Crippen molar-refractivity contribution in [3.63, 3.8) is 0 Å². The number of hydrogen-bond acceptors (Lipinski definition) is 7. The summed E-state index contributed by atoms with van der Waals surface area (Å²) in [5.41, 5.74) is 2.25. The molecule has 0 aliphatic carbocycles. The molecule has 0 spiro atoms. The van der Waals surface area contributed by atoms with Gasteiger partial charge in [0, 0.05) is 31.7 Å². The Bertz CT molecular complexity index is 1000. The van der Waals surface area contributed by atoms with Crippen LogP contribution in [0.1, 0.15) is 45.9 Å². The fourth-order valence-corrected chi connectivity index (χ4v) is 3.92. The van der Waals surface area contributed by atoms with Gasteiger partial charge in [-0.2, -0.15) is 0 Å². The molecule has 3 aromatic rings. The number of rotatable bonds is 7. The lowest BCUT2D eigenvalue weighted by atomic mass is 9.91. The quantitative estimate of drug-likeness (QED) is 0.596. The van der Waals surface area contributed by atoms with Gasteiger partial charge in [-0.3, -0.25) is 9.69 Å². The summed E-state index contributed by atoms with van der Waals surface area (Å²) in [6.45, 7) is 6.78. The van der Waals surface area contributed by atoms with E-state index in [0.29, 0.717) is 31.7 Å². The molecule has 0 radical (unpaired) electrons. The first-order valence-electron chi connectivity index (χ1n) is 10.5. The van der Waals surface area contributed by atoms with Crippen molar-refractivity contribution in [2.24, 2.45) is 0 Å². The van der Waals surface area contributed by atoms with Crippen LogP contribution in [-0.2, 0) is 19.6 Å². The minimum absolute atomic E-state index is 0.219. The van der Waals surface area contributed by atoms with Gasteiger partial charge in [0.15, 0.2) is 5.69 Å². The molecule has 1 saturated heterocycles. The predicted octanol–water partition coefficient (Wildman–Crippen LogP) is 1.84. The van der Waals surface area contributed by atoms with Crippen LogP contribution in [0.5, 0.6) is 0 Å². The Labute approximate surface area is 181 Å². The summed E-state index contributed by atoms with van der Waals surface area (Å²) in [7, 11) is 0. The zero-order chi connectivity index (χ0) is 21.8. The molecule has 4 rings (SSSR count). The lowest BCUT2D eigenvalue weighted by Gasteiger charge is -2.38. The van der Waals surface area contributed by atoms with Crippen LogP contribution < -0.4 is 5.32 Å². The summed E-state index contributed by atoms with van der Waals surface area (Å²) < 4.78 is 6.66. The first kappa shape index (κ1) is 21.2. The normalized spacial score (nSPS) is 16.4. The Balaban J connectivity index is 1.29. The third kappa shape index (κ3) is 5.18. The van der Waals surface area contributed by atoms with E-state index in [-0.39, 0.29) is 11.6 Å². The summed E-state index contributed by atoms with van der Waals surface area (Å²) in [5.74, 6) is 0.359. The Morgan fingerprint density at radius 3 is 2.65 bits per heavy atom. The molecular weight excluding hydrogens is 396 g/mol. The van der Waals surface area contributed by atoms with Crippen molar-refractivity contribution < 1.29 is 14.4 Å². The molecule has 9 nitrogen and oxygen atoms in total. The molecule has 2 aromatic heterocycles. The first-order valence-corrected chi connectivity index (χ1v) is 10.5. The van der Waals surface area contributed by atoms with Crippen LogP contribution in [0.15, 0.2) is 41.1 Å². The van der Waals surface area contributed by atoms with E-state index in [0.717, 1.165) is 30.9 Å². The van der Waals surface area contributed by atoms with Gasteiger partial charge >= 0.3 is 0 Å². The molecule has 1 fully saturated rings. The topological polar surface area (TPSA) is 109 Å². The van der Waals surface area contributed by atoms with Crippen LogP contribution in [0.2, 0.25) is 0 Å². The van der Waals surface area contributed by atoms with Gasteiger partial charge in [-0.1, -0.05) is 40.7 Å². The highest BCUT2D eigenvalue weighted by molar-refractivity contribution is 5.91. The number of carbonyl (C=O) groups excluding carboxylic acids is 1. The SMILES string of the molecule is Cc1noc(C)c1CNC(=O)c1cn(CC2(O)CCN(Cc3ccccc3)CC2)nn1. The average molecular weight is 425 g/mol. The van der Waals surface area contributed by atoms with Crippen LogP contribution in [0.4, 0.5) is 0 Å². The van der Waals surface area contributed by atoms with E-state index in [1.165, 1.54) is 5.56 Å². The molecule has 1 amide bonds. The summed E-state index contributed by atoms with van der Waals surface area (Å²) in [6, 6.07) is 10.3. The van der Waals surface area contributed by atoms with E-state index < -0.39 is 5.60 Å². The summed E-state index contributed by atoms with van der Waals surface area (Å²) in [5, 5.41) is 25.7. The Morgan fingerprint density at radius 1 is 1.23 bits per heavy atom. The molecule has 9 heteroatoms. The first-order chi connectivity index (χ1) is 14.9. The number of hydrogen-bond donors (Lipinski definition) is 2. The number of carbonyl (C=O) groups is 1. The van der Waals surface area contributed by atoms with Crippen LogP contribution >= 0.6 is 0 Å². The minimum atomic E-state index is -0.856. The molecule has 1 aliphatic heterocycles. The fraction of sp³-hybridized carbons (Fsp3) is 0.455. The number of piperidine rings is 1. The molecule has 0 bridgehead atoms. The van der Waals surface area contributed by atoms with Crippen molar-refractivity contribution in [3.8, 4) is 0 Å². The third-order valence-corrected chi connectivity index (χ3v) is 5.87. The molecule has 31 heavy (non-hydrogen) atoms. The number of aliphatic hydroxyl groups is 1. The largest absolute Gasteiger partial charge is 0.388 e. The van der Waals surface area contributed by atoms with Gasteiger partial charge in [0.1, 0.15) is 5.76 Å². The smallest absolute Gasteiger partial charge is 0.273 e. The van der Waals surface area contributed by atoms with Crippen LogP contribution in [0.25, 0.3) is 0 Å². The van der Waals surface area contributed by atoms with Gasteiger partial charge < -0.3 is 14.9 Å². The average Bonchev–Trinajstić information content (AvgIpc) is 3.35. The fourth-order valence-electron chi connectivity index (χ4n) is 3.92. The zero-order valence-electron chi connectivity index (χ0n) is 17.9. The number of likely N-dealkylation sites (tertiary alicyclic amines) is 1.